The molecule has 0 saturated heterocycles. The summed E-state index contributed by atoms with van der Waals surface area (Å²) < 4.78 is 1.22. The Bertz CT molecular complexity index is 556. The fraction of sp³-hybridized carbons (Fsp3) is 0.636. The smallest absolute Gasteiger partial charge is 0.329 e. The number of rotatable bonds is 3. The highest BCUT2D eigenvalue weighted by atomic mass is 16.2. The average Bonchev–Trinajstić information content (AvgIpc) is 2.83. The van der Waals surface area contributed by atoms with E-state index in [0.29, 0.717) is 17.9 Å². The van der Waals surface area contributed by atoms with Gasteiger partial charge in [0.15, 0.2) is 0 Å². The second-order valence-electron chi connectivity index (χ2n) is 5.35. The van der Waals surface area contributed by atoms with E-state index < -0.39 is 11.2 Å². The van der Waals surface area contributed by atoms with Gasteiger partial charge in [0.2, 0.25) is 0 Å². The predicted octanol–water partition coefficient (Wildman–Crippen LogP) is 0.114. The Morgan fingerprint density at radius 3 is 2.65 bits per heavy atom. The Morgan fingerprint density at radius 1 is 1.53 bits per heavy atom. The molecule has 1 heterocycles. The summed E-state index contributed by atoms with van der Waals surface area (Å²) in [6.07, 6.45) is 1.14. The SMILES string of the molecule is Cn1c(N)c(NCC2CC2(C)C)c(=O)[nH]c1=O. The third-order valence-electron chi connectivity index (χ3n) is 3.61. The first-order chi connectivity index (χ1) is 7.83. The summed E-state index contributed by atoms with van der Waals surface area (Å²) in [7, 11) is 1.53. The minimum absolute atomic E-state index is 0.178. The number of H-pyrrole nitrogens is 1. The Kier molecular flexibility index (Phi) is 2.52. The van der Waals surface area contributed by atoms with Crippen molar-refractivity contribution in [2.24, 2.45) is 18.4 Å². The van der Waals surface area contributed by atoms with E-state index >= 15 is 0 Å². The zero-order chi connectivity index (χ0) is 12.8. The molecule has 1 fully saturated rings. The molecule has 4 N–H and O–H groups in total. The van der Waals surface area contributed by atoms with E-state index in [2.05, 4.69) is 24.1 Å². The van der Waals surface area contributed by atoms with Crippen LogP contribution in [0.15, 0.2) is 9.59 Å². The first-order valence-corrected chi connectivity index (χ1v) is 5.65. The Morgan fingerprint density at radius 2 is 2.12 bits per heavy atom. The van der Waals surface area contributed by atoms with E-state index in [9.17, 15) is 9.59 Å². The van der Waals surface area contributed by atoms with Crippen LogP contribution in [-0.2, 0) is 7.05 Å². The fourth-order valence-electron chi connectivity index (χ4n) is 1.96. The van der Waals surface area contributed by atoms with Gasteiger partial charge in [-0.05, 0) is 17.8 Å². The first-order valence-electron chi connectivity index (χ1n) is 5.65. The van der Waals surface area contributed by atoms with E-state index in [1.54, 1.807) is 0 Å². The summed E-state index contributed by atoms with van der Waals surface area (Å²) >= 11 is 0. The number of nitrogens with zero attached hydrogens (tertiary/aromatic N) is 1. The maximum Gasteiger partial charge on any atom is 0.329 e. The monoisotopic (exact) mass is 238 g/mol. The van der Waals surface area contributed by atoms with Crippen LogP contribution in [0.4, 0.5) is 11.5 Å². The van der Waals surface area contributed by atoms with Crippen molar-refractivity contribution in [1.29, 1.82) is 0 Å². The molecule has 1 aromatic rings. The lowest BCUT2D eigenvalue weighted by atomic mass is 10.1. The highest BCUT2D eigenvalue weighted by molar-refractivity contribution is 5.60. The maximum atomic E-state index is 11.6. The summed E-state index contributed by atoms with van der Waals surface area (Å²) in [5.74, 6) is 0.732. The van der Waals surface area contributed by atoms with Gasteiger partial charge < -0.3 is 11.1 Å². The van der Waals surface area contributed by atoms with Crippen molar-refractivity contribution in [3.63, 3.8) is 0 Å². The first kappa shape index (κ1) is 11.8. The quantitative estimate of drug-likeness (QED) is 0.697. The standard InChI is InChI=1S/C11H18N4O2/c1-11(2)4-6(11)5-13-7-8(12)15(3)10(17)14-9(7)16/h6,13H,4-5,12H2,1-3H3,(H,14,16,17). The molecule has 0 bridgehead atoms. The highest BCUT2D eigenvalue weighted by Gasteiger charge is 2.45. The third kappa shape index (κ3) is 2.07. The zero-order valence-electron chi connectivity index (χ0n) is 10.3. The summed E-state index contributed by atoms with van der Waals surface area (Å²) in [4.78, 5) is 25.1. The van der Waals surface area contributed by atoms with Crippen molar-refractivity contribution in [3.05, 3.63) is 20.8 Å². The van der Waals surface area contributed by atoms with Gasteiger partial charge in [0.1, 0.15) is 11.5 Å². The van der Waals surface area contributed by atoms with E-state index in [1.807, 2.05) is 0 Å². The Hall–Kier alpha value is -1.72. The lowest BCUT2D eigenvalue weighted by Gasteiger charge is -2.11. The molecule has 1 atom stereocenters. The van der Waals surface area contributed by atoms with Crippen molar-refractivity contribution < 1.29 is 0 Å². The molecule has 0 aromatic carbocycles. The molecule has 1 aromatic heterocycles. The van der Waals surface area contributed by atoms with Gasteiger partial charge in [-0.1, -0.05) is 13.8 Å². The molecule has 1 aliphatic rings. The highest BCUT2D eigenvalue weighted by Crippen LogP contribution is 2.51. The number of hydrogen-bond acceptors (Lipinski definition) is 4. The van der Waals surface area contributed by atoms with E-state index in [1.165, 1.54) is 11.6 Å². The number of nitrogen functional groups attached to an aromatic ring is 1. The van der Waals surface area contributed by atoms with Gasteiger partial charge in [0.25, 0.3) is 5.56 Å². The zero-order valence-corrected chi connectivity index (χ0v) is 10.3. The van der Waals surface area contributed by atoms with Gasteiger partial charge in [-0.3, -0.25) is 14.3 Å². The minimum Gasteiger partial charge on any atom is -0.383 e. The summed E-state index contributed by atoms with van der Waals surface area (Å²) in [6.45, 7) is 5.08. The summed E-state index contributed by atoms with van der Waals surface area (Å²) in [5, 5.41) is 3.04. The number of nitrogens with one attached hydrogen (secondary N) is 2. The van der Waals surface area contributed by atoms with Gasteiger partial charge in [-0.25, -0.2) is 4.79 Å². The molecule has 17 heavy (non-hydrogen) atoms. The van der Waals surface area contributed by atoms with Crippen LogP contribution < -0.4 is 22.3 Å². The minimum atomic E-state index is -0.496. The van der Waals surface area contributed by atoms with E-state index in [-0.39, 0.29) is 11.5 Å². The topological polar surface area (TPSA) is 92.9 Å². The van der Waals surface area contributed by atoms with Gasteiger partial charge in [0.05, 0.1) is 0 Å². The van der Waals surface area contributed by atoms with Gasteiger partial charge in [0, 0.05) is 13.6 Å². The van der Waals surface area contributed by atoms with Crippen LogP contribution in [-0.4, -0.2) is 16.1 Å². The molecular weight excluding hydrogens is 220 g/mol. The fourth-order valence-corrected chi connectivity index (χ4v) is 1.96. The second-order valence-corrected chi connectivity index (χ2v) is 5.35. The molecule has 94 valence electrons. The lowest BCUT2D eigenvalue weighted by Crippen LogP contribution is -2.32. The predicted molar refractivity (Wildman–Crippen MR) is 67.1 cm³/mol. The van der Waals surface area contributed by atoms with Crippen LogP contribution in [0, 0.1) is 11.3 Å². The Balaban J connectivity index is 2.19. The van der Waals surface area contributed by atoms with Crippen molar-refractivity contribution in [2.75, 3.05) is 17.6 Å². The van der Waals surface area contributed by atoms with Gasteiger partial charge >= 0.3 is 5.69 Å². The number of nitrogens with two attached hydrogens (primary N) is 1. The number of hydrogen-bond donors (Lipinski definition) is 3. The lowest BCUT2D eigenvalue weighted by molar-refractivity contribution is 0.573. The van der Waals surface area contributed by atoms with Crippen LogP contribution in [0.25, 0.3) is 0 Å². The summed E-state index contributed by atoms with van der Waals surface area (Å²) in [6, 6.07) is 0. The normalized spacial score (nSPS) is 21.2. The molecular formula is C11H18N4O2. The van der Waals surface area contributed by atoms with Crippen molar-refractivity contribution >= 4 is 11.5 Å². The number of aromatic nitrogens is 2. The molecule has 0 spiro atoms. The van der Waals surface area contributed by atoms with Crippen LogP contribution >= 0.6 is 0 Å². The maximum absolute atomic E-state index is 11.6. The van der Waals surface area contributed by atoms with Crippen molar-refractivity contribution in [1.82, 2.24) is 9.55 Å². The van der Waals surface area contributed by atoms with Gasteiger partial charge in [-0.2, -0.15) is 0 Å². The van der Waals surface area contributed by atoms with Crippen LogP contribution in [0.5, 0.6) is 0 Å². The molecule has 6 heteroatoms. The molecule has 0 aliphatic heterocycles. The molecule has 0 amide bonds. The molecule has 1 unspecified atom stereocenters. The van der Waals surface area contributed by atoms with E-state index in [0.717, 1.165) is 6.42 Å². The Labute approximate surface area is 98.8 Å². The van der Waals surface area contributed by atoms with E-state index in [4.69, 9.17) is 5.73 Å². The second kappa shape index (κ2) is 3.65. The summed E-state index contributed by atoms with van der Waals surface area (Å²) in [5.41, 5.74) is 5.42. The number of anilines is 2. The van der Waals surface area contributed by atoms with Crippen molar-refractivity contribution in [3.8, 4) is 0 Å². The van der Waals surface area contributed by atoms with Crippen LogP contribution in [0.2, 0.25) is 0 Å². The largest absolute Gasteiger partial charge is 0.383 e. The number of aromatic amines is 1. The van der Waals surface area contributed by atoms with Gasteiger partial charge in [-0.15, -0.1) is 0 Å². The molecule has 1 aliphatic carbocycles. The molecule has 2 rings (SSSR count). The molecule has 0 radical (unpaired) electrons. The van der Waals surface area contributed by atoms with Crippen LogP contribution in [0.3, 0.4) is 0 Å². The van der Waals surface area contributed by atoms with Crippen molar-refractivity contribution in [2.45, 2.75) is 20.3 Å². The third-order valence-corrected chi connectivity index (χ3v) is 3.61. The average molecular weight is 238 g/mol. The van der Waals surface area contributed by atoms with Crippen LogP contribution in [0.1, 0.15) is 20.3 Å². The molecule has 1 saturated carbocycles. The molecule has 6 nitrogen and oxygen atoms in total.